The van der Waals surface area contributed by atoms with E-state index in [1.807, 2.05) is 35.2 Å². The van der Waals surface area contributed by atoms with Crippen LogP contribution in [-0.4, -0.2) is 125 Å². The maximum atomic E-state index is 13.7. The van der Waals surface area contributed by atoms with Crippen molar-refractivity contribution in [2.75, 3.05) is 63.9 Å². The number of hydrogen-bond donors (Lipinski definition) is 2. The molecule has 14 nitrogen and oxygen atoms in total. The summed E-state index contributed by atoms with van der Waals surface area (Å²) in [7, 11) is 0. The molecule has 4 rings (SSSR count). The average Bonchev–Trinajstić information content (AvgIpc) is 3.08. The van der Waals surface area contributed by atoms with Crippen LogP contribution in [0.5, 0.6) is 0 Å². The SMILES string of the molecule is CCCCCOC(=O)N1CCN(C(=O)[C@H](CCC(=O)O)NC(=O)c2cc(N3CCN(C(C)=O)CC3)nc(-c3ccccc3)n2)CC1. The molecule has 0 aliphatic carbocycles. The van der Waals surface area contributed by atoms with E-state index in [4.69, 9.17) is 9.72 Å². The van der Waals surface area contributed by atoms with Gasteiger partial charge in [-0.3, -0.25) is 19.2 Å². The lowest BCUT2D eigenvalue weighted by atomic mass is 10.1. The lowest BCUT2D eigenvalue weighted by Crippen LogP contribution is -2.56. The number of anilines is 1. The van der Waals surface area contributed by atoms with Crippen LogP contribution in [0.2, 0.25) is 0 Å². The second kappa shape index (κ2) is 16.5. The normalized spacial score (nSPS) is 15.7. The zero-order valence-corrected chi connectivity index (χ0v) is 26.5. The molecule has 0 saturated carbocycles. The lowest BCUT2D eigenvalue weighted by Gasteiger charge is -2.36. The summed E-state index contributed by atoms with van der Waals surface area (Å²) in [6, 6.07) is 9.62. The van der Waals surface area contributed by atoms with Crippen LogP contribution >= 0.6 is 0 Å². The number of aliphatic carboxylic acids is 1. The Bertz CT molecular complexity index is 1370. The van der Waals surface area contributed by atoms with Crippen LogP contribution in [-0.2, 0) is 19.1 Å². The Labute approximate surface area is 268 Å². The first-order valence-electron chi connectivity index (χ1n) is 15.8. The van der Waals surface area contributed by atoms with Gasteiger partial charge in [-0.1, -0.05) is 50.1 Å². The van der Waals surface area contributed by atoms with E-state index in [0.717, 1.165) is 19.3 Å². The molecule has 0 unspecified atom stereocenters. The van der Waals surface area contributed by atoms with Crippen LogP contribution in [0.25, 0.3) is 11.4 Å². The molecule has 14 heteroatoms. The van der Waals surface area contributed by atoms with Crippen LogP contribution < -0.4 is 10.2 Å². The highest BCUT2D eigenvalue weighted by Gasteiger charge is 2.32. The smallest absolute Gasteiger partial charge is 0.409 e. The fraction of sp³-hybridized carbons (Fsp3) is 0.531. The minimum absolute atomic E-state index is 0.00629. The number of amides is 4. The summed E-state index contributed by atoms with van der Waals surface area (Å²) in [6.45, 7) is 6.99. The van der Waals surface area contributed by atoms with Gasteiger partial charge in [-0.25, -0.2) is 14.8 Å². The number of carbonyl (C=O) groups excluding carboxylic acids is 4. The topological polar surface area (TPSA) is 166 Å². The summed E-state index contributed by atoms with van der Waals surface area (Å²) < 4.78 is 5.33. The summed E-state index contributed by atoms with van der Waals surface area (Å²) in [5.74, 6) is -1.34. The van der Waals surface area contributed by atoms with Gasteiger partial charge in [0.1, 0.15) is 17.6 Å². The van der Waals surface area contributed by atoms with E-state index in [1.165, 1.54) is 11.8 Å². The molecule has 4 amide bonds. The standard InChI is InChI=1S/C32H43N7O7/c1-3-4-8-21-46-32(45)39-19-17-38(18-20-39)31(44)25(11-12-28(41)42)34-30(43)26-22-27(37-15-13-36(14-16-37)23(2)40)35-29(33-26)24-9-6-5-7-10-24/h5-7,9-10,22,25H,3-4,8,11-21H2,1-2H3,(H,34,43)(H,41,42)/t25-/m0/s1. The Balaban J connectivity index is 1.48. The molecular weight excluding hydrogens is 594 g/mol. The molecule has 248 valence electrons. The molecule has 2 aliphatic rings. The van der Waals surface area contributed by atoms with Crippen LogP contribution in [0, 0.1) is 0 Å². The van der Waals surface area contributed by atoms with E-state index in [1.54, 1.807) is 15.9 Å². The Hall–Kier alpha value is -4.75. The summed E-state index contributed by atoms with van der Waals surface area (Å²) in [4.78, 5) is 79.0. The molecule has 46 heavy (non-hydrogen) atoms. The molecule has 0 spiro atoms. The van der Waals surface area contributed by atoms with E-state index in [9.17, 15) is 29.1 Å². The fourth-order valence-electron chi connectivity index (χ4n) is 5.37. The molecule has 2 fully saturated rings. The minimum atomic E-state index is -1.12. The van der Waals surface area contributed by atoms with Gasteiger partial charge in [-0.05, 0) is 12.8 Å². The van der Waals surface area contributed by atoms with Crippen LogP contribution in [0.1, 0.15) is 56.4 Å². The molecule has 2 aromatic rings. The van der Waals surface area contributed by atoms with E-state index >= 15 is 0 Å². The van der Waals surface area contributed by atoms with Crippen LogP contribution in [0.4, 0.5) is 10.6 Å². The second-order valence-electron chi connectivity index (χ2n) is 11.4. The molecule has 1 atom stereocenters. The molecule has 1 aromatic heterocycles. The van der Waals surface area contributed by atoms with Crippen molar-refractivity contribution < 1.29 is 33.8 Å². The second-order valence-corrected chi connectivity index (χ2v) is 11.4. The Kier molecular flexibility index (Phi) is 12.3. The van der Waals surface area contributed by atoms with Gasteiger partial charge in [0.2, 0.25) is 11.8 Å². The van der Waals surface area contributed by atoms with Crippen molar-refractivity contribution in [2.24, 2.45) is 0 Å². The largest absolute Gasteiger partial charge is 0.481 e. The van der Waals surface area contributed by atoms with E-state index < -0.39 is 29.9 Å². The van der Waals surface area contributed by atoms with E-state index in [-0.39, 0.29) is 50.6 Å². The van der Waals surface area contributed by atoms with Gasteiger partial charge in [0.25, 0.3) is 5.91 Å². The summed E-state index contributed by atoms with van der Waals surface area (Å²) in [5.41, 5.74) is 0.725. The summed E-state index contributed by atoms with van der Waals surface area (Å²) in [5, 5.41) is 12.1. The molecule has 2 aliphatic heterocycles. The van der Waals surface area contributed by atoms with Crippen molar-refractivity contribution in [3.8, 4) is 11.4 Å². The number of aromatic nitrogens is 2. The molecule has 0 radical (unpaired) electrons. The van der Waals surface area contributed by atoms with E-state index in [0.29, 0.717) is 50.0 Å². The van der Waals surface area contributed by atoms with Gasteiger partial charge < -0.3 is 34.8 Å². The summed E-state index contributed by atoms with van der Waals surface area (Å²) >= 11 is 0. The number of carboxylic acids is 1. The molecule has 2 N–H and O–H groups in total. The van der Waals surface area contributed by atoms with Crippen molar-refractivity contribution in [2.45, 2.75) is 52.0 Å². The van der Waals surface area contributed by atoms with Crippen molar-refractivity contribution in [1.29, 1.82) is 0 Å². The highest BCUT2D eigenvalue weighted by atomic mass is 16.6. The number of nitrogens with zero attached hydrogens (tertiary/aromatic N) is 6. The van der Waals surface area contributed by atoms with Gasteiger partial charge in [0.15, 0.2) is 5.82 Å². The monoisotopic (exact) mass is 637 g/mol. The molecule has 3 heterocycles. The number of ether oxygens (including phenoxy) is 1. The highest BCUT2D eigenvalue weighted by molar-refractivity contribution is 5.97. The minimum Gasteiger partial charge on any atom is -0.481 e. The fourth-order valence-corrected chi connectivity index (χ4v) is 5.37. The average molecular weight is 638 g/mol. The molecular formula is C32H43N7O7. The Morgan fingerprint density at radius 2 is 1.54 bits per heavy atom. The van der Waals surface area contributed by atoms with Crippen molar-refractivity contribution in [3.63, 3.8) is 0 Å². The predicted octanol–water partition coefficient (Wildman–Crippen LogP) is 2.25. The third-order valence-corrected chi connectivity index (χ3v) is 8.10. The van der Waals surface area contributed by atoms with Crippen molar-refractivity contribution >= 4 is 35.6 Å². The van der Waals surface area contributed by atoms with Gasteiger partial charge in [0, 0.05) is 77.3 Å². The number of nitrogens with one attached hydrogen (secondary N) is 1. The molecule has 2 saturated heterocycles. The first kappa shape index (κ1) is 34.1. The van der Waals surface area contributed by atoms with Crippen molar-refractivity contribution in [1.82, 2.24) is 30.0 Å². The number of hydrogen-bond acceptors (Lipinski definition) is 9. The number of carboxylic acid groups (broad SMARTS) is 1. The number of piperazine rings is 2. The zero-order chi connectivity index (χ0) is 33.1. The van der Waals surface area contributed by atoms with E-state index in [2.05, 4.69) is 17.2 Å². The number of unbranched alkanes of at least 4 members (excludes halogenated alkanes) is 2. The molecule has 1 aromatic carbocycles. The first-order chi connectivity index (χ1) is 22.2. The van der Waals surface area contributed by atoms with Gasteiger partial charge in [0.05, 0.1) is 6.61 Å². The third-order valence-electron chi connectivity index (χ3n) is 8.10. The van der Waals surface area contributed by atoms with Crippen molar-refractivity contribution in [3.05, 3.63) is 42.1 Å². The first-order valence-corrected chi connectivity index (χ1v) is 15.8. The lowest BCUT2D eigenvalue weighted by molar-refractivity contribution is -0.138. The predicted molar refractivity (Wildman–Crippen MR) is 169 cm³/mol. The molecule has 0 bridgehead atoms. The van der Waals surface area contributed by atoms with Gasteiger partial charge in [-0.15, -0.1) is 0 Å². The van der Waals surface area contributed by atoms with Crippen LogP contribution in [0.3, 0.4) is 0 Å². The maximum absolute atomic E-state index is 13.7. The van der Waals surface area contributed by atoms with Gasteiger partial charge >= 0.3 is 12.1 Å². The Morgan fingerprint density at radius 3 is 2.17 bits per heavy atom. The number of carbonyl (C=O) groups is 5. The Morgan fingerprint density at radius 1 is 0.891 bits per heavy atom. The number of rotatable bonds is 12. The quantitative estimate of drug-likeness (QED) is 0.330. The maximum Gasteiger partial charge on any atom is 0.409 e. The zero-order valence-electron chi connectivity index (χ0n) is 26.5. The summed E-state index contributed by atoms with van der Waals surface area (Å²) in [6.07, 6.45) is 1.92. The highest BCUT2D eigenvalue weighted by Crippen LogP contribution is 2.22. The third kappa shape index (κ3) is 9.38. The number of benzene rings is 1. The van der Waals surface area contributed by atoms with Crippen LogP contribution in [0.15, 0.2) is 36.4 Å². The van der Waals surface area contributed by atoms with Gasteiger partial charge in [-0.2, -0.15) is 0 Å².